The molecule has 2 heterocycles. The van der Waals surface area contributed by atoms with Gasteiger partial charge in [0.1, 0.15) is 11.9 Å². The van der Waals surface area contributed by atoms with E-state index in [2.05, 4.69) is 29.3 Å². The fraction of sp³-hybridized carbons (Fsp3) is 0.571. The number of carbonyl (C=O) groups is 1. The summed E-state index contributed by atoms with van der Waals surface area (Å²) in [5, 5.41) is 0. The van der Waals surface area contributed by atoms with Gasteiger partial charge < -0.3 is 14.5 Å². The Labute approximate surface area is 150 Å². The van der Waals surface area contributed by atoms with E-state index in [0.717, 1.165) is 51.1 Å². The Morgan fingerprint density at radius 1 is 1.00 bits per heavy atom. The molecule has 134 valence electrons. The van der Waals surface area contributed by atoms with E-state index < -0.39 is 0 Å². The van der Waals surface area contributed by atoms with Gasteiger partial charge in [-0.1, -0.05) is 25.3 Å². The van der Waals surface area contributed by atoms with Crippen molar-refractivity contribution in [3.8, 4) is 5.75 Å². The standard InChI is InChI=1S/C21H28N2O2/c24-21(17-6-2-1-3-7-17)23-15-12-20(16-23)25-19-10-8-18(9-11-19)22-13-4-5-14-22/h4,8-11,13,17,20H,1-3,5-7,12,14-16H2. The normalized spacial score (nSPS) is 24.1. The maximum Gasteiger partial charge on any atom is 0.225 e. The molecule has 2 fully saturated rings. The summed E-state index contributed by atoms with van der Waals surface area (Å²) in [6.07, 6.45) is 12.4. The Bertz CT molecular complexity index is 619. The maximum absolute atomic E-state index is 12.6. The first-order chi connectivity index (χ1) is 12.3. The van der Waals surface area contributed by atoms with Crippen LogP contribution in [0.25, 0.3) is 0 Å². The van der Waals surface area contributed by atoms with Gasteiger partial charge >= 0.3 is 0 Å². The first-order valence-corrected chi connectivity index (χ1v) is 9.78. The van der Waals surface area contributed by atoms with E-state index in [-0.39, 0.29) is 12.0 Å². The van der Waals surface area contributed by atoms with Crippen molar-refractivity contribution in [1.29, 1.82) is 0 Å². The van der Waals surface area contributed by atoms with Gasteiger partial charge in [0, 0.05) is 37.3 Å². The van der Waals surface area contributed by atoms with Crippen molar-refractivity contribution in [2.75, 3.05) is 24.5 Å². The van der Waals surface area contributed by atoms with Crippen molar-refractivity contribution in [2.45, 2.75) is 51.0 Å². The molecule has 1 aliphatic carbocycles. The van der Waals surface area contributed by atoms with E-state index in [1.165, 1.54) is 24.9 Å². The summed E-state index contributed by atoms with van der Waals surface area (Å²) in [5.74, 6) is 1.53. The molecule has 4 rings (SSSR count). The van der Waals surface area contributed by atoms with Crippen LogP contribution >= 0.6 is 0 Å². The second kappa shape index (κ2) is 7.51. The zero-order valence-corrected chi connectivity index (χ0v) is 14.9. The van der Waals surface area contributed by atoms with Gasteiger partial charge in [0.25, 0.3) is 0 Å². The van der Waals surface area contributed by atoms with Crippen molar-refractivity contribution >= 4 is 11.6 Å². The number of hydrogen-bond donors (Lipinski definition) is 0. The summed E-state index contributed by atoms with van der Waals surface area (Å²) >= 11 is 0. The lowest BCUT2D eigenvalue weighted by molar-refractivity contribution is -0.135. The lowest BCUT2D eigenvalue weighted by Gasteiger charge is -2.26. The van der Waals surface area contributed by atoms with E-state index in [1.807, 2.05) is 17.0 Å². The topological polar surface area (TPSA) is 32.8 Å². The van der Waals surface area contributed by atoms with Crippen LogP contribution < -0.4 is 9.64 Å². The average molecular weight is 340 g/mol. The van der Waals surface area contributed by atoms with Crippen LogP contribution in [-0.2, 0) is 4.79 Å². The first kappa shape index (κ1) is 16.5. The highest BCUT2D eigenvalue weighted by atomic mass is 16.5. The molecule has 1 saturated carbocycles. The van der Waals surface area contributed by atoms with Gasteiger partial charge in [-0.2, -0.15) is 0 Å². The molecule has 4 heteroatoms. The molecule has 0 aromatic heterocycles. The SMILES string of the molecule is O=C(C1CCCCC1)N1CCC(Oc2ccc(N3C=CCC3)cc2)C1. The minimum absolute atomic E-state index is 0.130. The molecule has 3 aliphatic rings. The summed E-state index contributed by atoms with van der Waals surface area (Å²) in [6.45, 7) is 2.64. The van der Waals surface area contributed by atoms with Crippen LogP contribution in [0.15, 0.2) is 36.5 Å². The molecule has 1 aromatic rings. The minimum atomic E-state index is 0.130. The molecule has 0 spiro atoms. The number of rotatable bonds is 4. The molecule has 2 aliphatic heterocycles. The molecular weight excluding hydrogens is 312 g/mol. The molecule has 25 heavy (non-hydrogen) atoms. The van der Waals surface area contributed by atoms with Gasteiger partial charge in [-0.05, 0) is 43.5 Å². The fourth-order valence-corrected chi connectivity index (χ4v) is 4.25. The average Bonchev–Trinajstić information content (AvgIpc) is 3.35. The third-order valence-electron chi connectivity index (χ3n) is 5.70. The van der Waals surface area contributed by atoms with Crippen molar-refractivity contribution in [3.63, 3.8) is 0 Å². The van der Waals surface area contributed by atoms with Gasteiger partial charge in [-0.15, -0.1) is 0 Å². The molecule has 1 saturated heterocycles. The third kappa shape index (κ3) is 3.83. The Morgan fingerprint density at radius 2 is 1.80 bits per heavy atom. The Balaban J connectivity index is 1.30. The zero-order valence-electron chi connectivity index (χ0n) is 14.9. The van der Waals surface area contributed by atoms with E-state index in [9.17, 15) is 4.79 Å². The number of amides is 1. The Kier molecular flexibility index (Phi) is 4.95. The van der Waals surface area contributed by atoms with Gasteiger partial charge in [0.2, 0.25) is 5.91 Å². The van der Waals surface area contributed by atoms with Crippen molar-refractivity contribution < 1.29 is 9.53 Å². The van der Waals surface area contributed by atoms with E-state index >= 15 is 0 Å². The van der Waals surface area contributed by atoms with Crippen molar-refractivity contribution in [3.05, 3.63) is 36.5 Å². The Hall–Kier alpha value is -1.97. The second-order valence-corrected chi connectivity index (χ2v) is 7.51. The molecular formula is C21H28N2O2. The maximum atomic E-state index is 12.6. The first-order valence-electron chi connectivity index (χ1n) is 9.78. The quantitative estimate of drug-likeness (QED) is 0.831. The molecule has 1 unspecified atom stereocenters. The van der Waals surface area contributed by atoms with Crippen LogP contribution in [0.4, 0.5) is 5.69 Å². The number of ether oxygens (including phenoxy) is 1. The monoisotopic (exact) mass is 340 g/mol. The summed E-state index contributed by atoms with van der Waals surface area (Å²) in [4.78, 5) is 16.9. The van der Waals surface area contributed by atoms with Crippen LogP contribution in [-0.4, -0.2) is 36.5 Å². The van der Waals surface area contributed by atoms with Crippen LogP contribution in [0.5, 0.6) is 5.75 Å². The molecule has 1 atom stereocenters. The molecule has 4 nitrogen and oxygen atoms in total. The number of nitrogens with zero attached hydrogens (tertiary/aromatic N) is 2. The zero-order chi connectivity index (χ0) is 17.1. The molecule has 0 radical (unpaired) electrons. The van der Waals surface area contributed by atoms with E-state index in [1.54, 1.807) is 0 Å². The second-order valence-electron chi connectivity index (χ2n) is 7.51. The van der Waals surface area contributed by atoms with Crippen LogP contribution in [0.2, 0.25) is 0 Å². The number of carbonyl (C=O) groups excluding carboxylic acids is 1. The van der Waals surface area contributed by atoms with Crippen molar-refractivity contribution in [2.24, 2.45) is 5.92 Å². The third-order valence-corrected chi connectivity index (χ3v) is 5.70. The smallest absolute Gasteiger partial charge is 0.225 e. The highest BCUT2D eigenvalue weighted by molar-refractivity contribution is 5.79. The molecule has 0 N–H and O–H groups in total. The summed E-state index contributed by atoms with van der Waals surface area (Å²) in [6, 6.07) is 8.33. The summed E-state index contributed by atoms with van der Waals surface area (Å²) in [5.41, 5.74) is 1.21. The van der Waals surface area contributed by atoms with Gasteiger partial charge in [0.05, 0.1) is 6.54 Å². The van der Waals surface area contributed by atoms with Crippen LogP contribution in [0.1, 0.15) is 44.9 Å². The predicted molar refractivity (Wildman–Crippen MR) is 99.7 cm³/mol. The molecule has 1 amide bonds. The number of anilines is 1. The predicted octanol–water partition coefficient (Wildman–Crippen LogP) is 3.97. The number of likely N-dealkylation sites (tertiary alicyclic amines) is 1. The van der Waals surface area contributed by atoms with Crippen molar-refractivity contribution in [1.82, 2.24) is 4.90 Å². The molecule has 1 aromatic carbocycles. The Morgan fingerprint density at radius 3 is 2.52 bits per heavy atom. The van der Waals surface area contributed by atoms with E-state index in [0.29, 0.717) is 5.91 Å². The fourth-order valence-electron chi connectivity index (χ4n) is 4.25. The number of hydrogen-bond acceptors (Lipinski definition) is 3. The lowest BCUT2D eigenvalue weighted by Crippen LogP contribution is -2.36. The van der Waals surface area contributed by atoms with Crippen LogP contribution in [0, 0.1) is 5.92 Å². The lowest BCUT2D eigenvalue weighted by atomic mass is 9.88. The highest BCUT2D eigenvalue weighted by Gasteiger charge is 2.32. The molecule has 0 bridgehead atoms. The van der Waals surface area contributed by atoms with Gasteiger partial charge in [-0.25, -0.2) is 0 Å². The highest BCUT2D eigenvalue weighted by Crippen LogP contribution is 2.28. The summed E-state index contributed by atoms with van der Waals surface area (Å²) < 4.78 is 6.13. The van der Waals surface area contributed by atoms with E-state index in [4.69, 9.17) is 4.74 Å². The number of benzene rings is 1. The van der Waals surface area contributed by atoms with Gasteiger partial charge in [-0.3, -0.25) is 4.79 Å². The minimum Gasteiger partial charge on any atom is -0.489 e. The largest absolute Gasteiger partial charge is 0.489 e. The van der Waals surface area contributed by atoms with Gasteiger partial charge in [0.15, 0.2) is 0 Å². The van der Waals surface area contributed by atoms with Crippen LogP contribution in [0.3, 0.4) is 0 Å². The summed E-state index contributed by atoms with van der Waals surface area (Å²) in [7, 11) is 0.